The highest BCUT2D eigenvalue weighted by molar-refractivity contribution is 6.33. The molecular weight excluding hydrogens is 513 g/mol. The molecule has 3 aromatic rings. The molecule has 4 heterocycles. The van der Waals surface area contributed by atoms with Crippen molar-refractivity contribution in [3.05, 3.63) is 29.2 Å². The van der Waals surface area contributed by atoms with E-state index in [1.54, 1.807) is 10.6 Å². The molecule has 0 aliphatic carbocycles. The van der Waals surface area contributed by atoms with E-state index in [0.717, 1.165) is 0 Å². The van der Waals surface area contributed by atoms with E-state index in [-0.39, 0.29) is 60.0 Å². The van der Waals surface area contributed by atoms with Crippen molar-refractivity contribution in [2.24, 2.45) is 0 Å². The minimum absolute atomic E-state index is 0.0646. The van der Waals surface area contributed by atoms with Gasteiger partial charge in [-0.1, -0.05) is 11.6 Å². The SMILES string of the molecule is CC(C)n1c(N2CCOCC(F)(F)C2)nc2c(F)cc(-c3nc(N[C@@H]4CCOC[C@H]4O)ncc3Cl)cc21. The summed E-state index contributed by atoms with van der Waals surface area (Å²) in [5.41, 5.74) is 1.16. The predicted octanol–water partition coefficient (Wildman–Crippen LogP) is 3.90. The average Bonchev–Trinajstić information content (AvgIpc) is 3.14. The molecule has 2 aliphatic rings. The van der Waals surface area contributed by atoms with Crippen molar-refractivity contribution < 1.29 is 27.8 Å². The third-order valence-corrected chi connectivity index (χ3v) is 6.71. The number of fused-ring (bicyclic) bond motifs is 1. The number of aliphatic hydroxyl groups excluding tert-OH is 1. The van der Waals surface area contributed by atoms with Gasteiger partial charge in [0.15, 0.2) is 5.82 Å². The van der Waals surface area contributed by atoms with Crippen LogP contribution in [0.15, 0.2) is 18.3 Å². The molecule has 2 aliphatic heterocycles. The van der Waals surface area contributed by atoms with Gasteiger partial charge in [-0.15, -0.1) is 0 Å². The smallest absolute Gasteiger partial charge is 0.288 e. The molecule has 0 unspecified atom stereocenters. The normalized spacial score (nSPS) is 22.4. The Hall–Kier alpha value is -2.67. The van der Waals surface area contributed by atoms with Crippen molar-refractivity contribution in [3.8, 4) is 11.3 Å². The van der Waals surface area contributed by atoms with Crippen LogP contribution in [0.5, 0.6) is 0 Å². The lowest BCUT2D eigenvalue weighted by Crippen LogP contribution is -2.42. The second-order valence-corrected chi connectivity index (χ2v) is 10.0. The van der Waals surface area contributed by atoms with Crippen molar-refractivity contribution >= 4 is 34.5 Å². The van der Waals surface area contributed by atoms with Crippen LogP contribution in [0.25, 0.3) is 22.3 Å². The van der Waals surface area contributed by atoms with Crippen LogP contribution < -0.4 is 10.2 Å². The Balaban J connectivity index is 1.56. The zero-order valence-electron chi connectivity index (χ0n) is 20.4. The highest BCUT2D eigenvalue weighted by Gasteiger charge is 2.36. The molecule has 0 bridgehead atoms. The molecule has 0 radical (unpaired) electrons. The van der Waals surface area contributed by atoms with Gasteiger partial charge >= 0.3 is 0 Å². The maximum atomic E-state index is 15.4. The number of benzene rings is 1. The van der Waals surface area contributed by atoms with Crippen molar-refractivity contribution in [3.63, 3.8) is 0 Å². The van der Waals surface area contributed by atoms with Crippen LogP contribution in [-0.4, -0.2) is 82.2 Å². The maximum absolute atomic E-state index is 15.4. The minimum atomic E-state index is -3.06. The highest BCUT2D eigenvalue weighted by atomic mass is 35.5. The number of hydrogen-bond donors (Lipinski definition) is 2. The van der Waals surface area contributed by atoms with Crippen molar-refractivity contribution in [2.45, 2.75) is 44.4 Å². The Labute approximate surface area is 216 Å². The van der Waals surface area contributed by atoms with Gasteiger partial charge in [0.25, 0.3) is 5.92 Å². The summed E-state index contributed by atoms with van der Waals surface area (Å²) in [6, 6.07) is 2.46. The third-order valence-electron chi connectivity index (χ3n) is 6.43. The monoisotopic (exact) mass is 540 g/mol. The van der Waals surface area contributed by atoms with E-state index < -0.39 is 31.0 Å². The maximum Gasteiger partial charge on any atom is 0.288 e. The fraction of sp³-hybridized carbons (Fsp3) is 0.542. The molecule has 2 atom stereocenters. The van der Waals surface area contributed by atoms with Gasteiger partial charge in [-0.3, -0.25) is 0 Å². The molecule has 0 spiro atoms. The Morgan fingerprint density at radius 2 is 2.03 bits per heavy atom. The molecule has 200 valence electrons. The first-order chi connectivity index (χ1) is 17.6. The second kappa shape index (κ2) is 10.2. The van der Waals surface area contributed by atoms with Crippen LogP contribution in [0.4, 0.5) is 25.1 Å². The Morgan fingerprint density at radius 1 is 1.22 bits per heavy atom. The lowest BCUT2D eigenvalue weighted by Gasteiger charge is -2.28. The molecule has 13 heteroatoms. The first kappa shape index (κ1) is 26.0. The number of nitrogens with zero attached hydrogens (tertiary/aromatic N) is 5. The van der Waals surface area contributed by atoms with Crippen molar-refractivity contribution in [1.29, 1.82) is 0 Å². The van der Waals surface area contributed by atoms with E-state index in [1.165, 1.54) is 17.2 Å². The number of hydrogen-bond acceptors (Lipinski definition) is 8. The van der Waals surface area contributed by atoms with Crippen molar-refractivity contribution in [1.82, 2.24) is 19.5 Å². The lowest BCUT2D eigenvalue weighted by molar-refractivity contribution is -0.0564. The average molecular weight is 541 g/mol. The summed E-state index contributed by atoms with van der Waals surface area (Å²) in [6.07, 6.45) is 1.26. The third kappa shape index (κ3) is 5.33. The highest BCUT2D eigenvalue weighted by Crippen LogP contribution is 2.35. The number of rotatable bonds is 5. The second-order valence-electron chi connectivity index (χ2n) is 9.60. The van der Waals surface area contributed by atoms with Gasteiger partial charge < -0.3 is 29.4 Å². The van der Waals surface area contributed by atoms with Crippen LogP contribution in [0, 0.1) is 5.82 Å². The largest absolute Gasteiger partial charge is 0.389 e. The number of aliphatic hydroxyl groups is 1. The summed E-state index contributed by atoms with van der Waals surface area (Å²) in [7, 11) is 0. The number of ether oxygens (including phenoxy) is 2. The van der Waals surface area contributed by atoms with Crippen LogP contribution in [0.1, 0.15) is 26.3 Å². The Morgan fingerprint density at radius 3 is 2.78 bits per heavy atom. The van der Waals surface area contributed by atoms with Gasteiger partial charge in [-0.25, -0.2) is 28.1 Å². The van der Waals surface area contributed by atoms with E-state index in [1.807, 2.05) is 13.8 Å². The molecule has 0 amide bonds. The summed E-state index contributed by atoms with van der Waals surface area (Å²) in [4.78, 5) is 14.6. The fourth-order valence-electron chi connectivity index (χ4n) is 4.68. The van der Waals surface area contributed by atoms with Crippen LogP contribution in [0.2, 0.25) is 5.02 Å². The van der Waals surface area contributed by atoms with E-state index in [0.29, 0.717) is 24.1 Å². The van der Waals surface area contributed by atoms with Crippen LogP contribution in [0.3, 0.4) is 0 Å². The molecule has 2 N–H and O–H groups in total. The van der Waals surface area contributed by atoms with Crippen LogP contribution >= 0.6 is 11.6 Å². The van der Waals surface area contributed by atoms with Gasteiger partial charge in [-0.2, -0.15) is 0 Å². The Bertz CT molecular complexity index is 1290. The number of halogens is 4. The zero-order chi connectivity index (χ0) is 26.3. The van der Waals surface area contributed by atoms with Gasteiger partial charge in [0, 0.05) is 24.8 Å². The van der Waals surface area contributed by atoms with E-state index in [2.05, 4.69) is 20.3 Å². The summed E-state index contributed by atoms with van der Waals surface area (Å²) >= 11 is 6.41. The molecule has 2 aromatic heterocycles. The first-order valence-corrected chi connectivity index (χ1v) is 12.5. The molecule has 9 nitrogen and oxygen atoms in total. The van der Waals surface area contributed by atoms with Crippen LogP contribution in [-0.2, 0) is 9.47 Å². The number of alkyl halides is 2. The van der Waals surface area contributed by atoms with Crippen molar-refractivity contribution in [2.75, 3.05) is 49.7 Å². The standard InChI is InChI=1S/C24H28ClF3N6O3/c1-13(2)34-18-8-14(20-15(25)9-29-22(31-20)30-17-3-5-36-10-19(17)35)7-16(26)21(18)32-23(34)33-4-6-37-12-24(27,28)11-33/h7-9,13,17,19,35H,3-6,10-12H2,1-2H3,(H,29,30,31)/t17-,19-/m1/s1. The summed E-state index contributed by atoms with van der Waals surface area (Å²) in [5.74, 6) is -3.21. The quantitative estimate of drug-likeness (QED) is 0.503. The molecule has 2 fully saturated rings. The number of anilines is 2. The molecule has 37 heavy (non-hydrogen) atoms. The predicted molar refractivity (Wildman–Crippen MR) is 133 cm³/mol. The molecular formula is C24H28ClF3N6O3. The molecule has 2 saturated heterocycles. The van der Waals surface area contributed by atoms with Gasteiger partial charge in [-0.05, 0) is 32.4 Å². The summed E-state index contributed by atoms with van der Waals surface area (Å²) in [5, 5.41) is 13.5. The number of nitrogens with one attached hydrogen (secondary N) is 1. The molecule has 5 rings (SSSR count). The van der Waals surface area contributed by atoms with E-state index in [9.17, 15) is 13.9 Å². The van der Waals surface area contributed by atoms with Gasteiger partial charge in [0.2, 0.25) is 11.9 Å². The minimum Gasteiger partial charge on any atom is -0.389 e. The molecule has 1 aromatic carbocycles. The Kier molecular flexibility index (Phi) is 7.18. The number of imidazole rings is 1. The first-order valence-electron chi connectivity index (χ1n) is 12.1. The topological polar surface area (TPSA) is 97.6 Å². The summed E-state index contributed by atoms with van der Waals surface area (Å²) in [6.45, 7) is 3.51. The summed E-state index contributed by atoms with van der Waals surface area (Å²) < 4.78 is 56.1. The van der Waals surface area contributed by atoms with E-state index >= 15 is 4.39 Å². The molecule has 0 saturated carbocycles. The lowest BCUT2D eigenvalue weighted by atomic mass is 10.1. The zero-order valence-corrected chi connectivity index (χ0v) is 21.2. The van der Waals surface area contributed by atoms with Gasteiger partial charge in [0.1, 0.15) is 12.1 Å². The number of aromatic nitrogens is 4. The van der Waals surface area contributed by atoms with E-state index in [4.69, 9.17) is 21.1 Å². The fourth-order valence-corrected chi connectivity index (χ4v) is 4.88. The van der Waals surface area contributed by atoms with Gasteiger partial charge in [0.05, 0.1) is 54.3 Å².